The third-order valence-corrected chi connectivity index (χ3v) is 8.00. The number of aliphatic hydroxyl groups is 1. The number of aromatic nitrogens is 3. The molecule has 1 saturated heterocycles. The normalized spacial score (nSPS) is 16.6. The number of ether oxygens (including phenoxy) is 1. The van der Waals surface area contributed by atoms with E-state index in [2.05, 4.69) is 31.1 Å². The van der Waals surface area contributed by atoms with Gasteiger partial charge in [-0.15, -0.1) is 21.5 Å². The van der Waals surface area contributed by atoms with E-state index >= 15 is 0 Å². The topological polar surface area (TPSA) is 159 Å². The van der Waals surface area contributed by atoms with Crippen molar-refractivity contribution in [3.63, 3.8) is 0 Å². The quantitative estimate of drug-likeness (QED) is 0.231. The molecule has 0 bridgehead atoms. The molecule has 0 spiro atoms. The Hall–Kier alpha value is -3.91. The first-order valence-corrected chi connectivity index (χ1v) is 14.7. The van der Waals surface area contributed by atoms with Crippen LogP contribution in [0.25, 0.3) is 10.6 Å². The first kappa shape index (κ1) is 29.6. The zero-order chi connectivity index (χ0) is 30.0. The van der Waals surface area contributed by atoms with E-state index in [-0.39, 0.29) is 41.9 Å². The Labute approximate surface area is 250 Å². The van der Waals surface area contributed by atoms with Gasteiger partial charge >= 0.3 is 0 Å². The molecule has 1 saturated carbocycles. The molecule has 1 aliphatic heterocycles. The summed E-state index contributed by atoms with van der Waals surface area (Å²) in [6.07, 6.45) is 4.86. The second kappa shape index (κ2) is 12.1. The molecule has 3 aromatic rings. The van der Waals surface area contributed by atoms with Gasteiger partial charge < -0.3 is 30.7 Å². The van der Waals surface area contributed by atoms with Gasteiger partial charge in [-0.2, -0.15) is 0 Å². The number of para-hydroxylation sites is 1. The van der Waals surface area contributed by atoms with Gasteiger partial charge in [0.1, 0.15) is 33.4 Å². The van der Waals surface area contributed by atoms with E-state index in [4.69, 9.17) is 4.74 Å². The molecule has 2 fully saturated rings. The van der Waals surface area contributed by atoms with E-state index in [1.54, 1.807) is 23.2 Å². The van der Waals surface area contributed by atoms with E-state index < -0.39 is 11.1 Å². The molecule has 2 aliphatic rings. The number of benzene rings is 1. The predicted molar refractivity (Wildman–Crippen MR) is 168 cm³/mol. The van der Waals surface area contributed by atoms with Crippen molar-refractivity contribution in [2.45, 2.75) is 37.0 Å². The molecule has 2 aromatic heterocycles. The van der Waals surface area contributed by atoms with E-state index in [0.29, 0.717) is 39.1 Å². The van der Waals surface area contributed by atoms with Crippen molar-refractivity contribution in [3.05, 3.63) is 41.0 Å². The van der Waals surface area contributed by atoms with Gasteiger partial charge in [-0.25, -0.2) is 4.98 Å². The molecule has 12 nitrogen and oxygen atoms in total. The SMILES string of the molecule is BC(B)(B)NC(=O)c1nnc(NC(=O)C2CC2)cc1Nc1cccc(-c2ncc(C(=O)N3CCC[C@H]3CO)s2)c1OC. The van der Waals surface area contributed by atoms with Crippen LogP contribution >= 0.6 is 11.3 Å². The minimum atomic E-state index is -0.515. The molecule has 0 unspecified atom stereocenters. The fourth-order valence-corrected chi connectivity index (χ4v) is 5.68. The summed E-state index contributed by atoms with van der Waals surface area (Å²) >= 11 is 1.24. The highest BCUT2D eigenvalue weighted by Gasteiger charge is 2.31. The van der Waals surface area contributed by atoms with Crippen LogP contribution in [0.4, 0.5) is 17.2 Å². The number of nitrogens with zero attached hydrogens (tertiary/aromatic N) is 4. The van der Waals surface area contributed by atoms with E-state index in [1.165, 1.54) is 18.4 Å². The highest BCUT2D eigenvalue weighted by Crippen LogP contribution is 2.40. The first-order valence-electron chi connectivity index (χ1n) is 13.9. The first-order chi connectivity index (χ1) is 20.1. The molecule has 4 N–H and O–H groups in total. The Morgan fingerprint density at radius 1 is 1.17 bits per heavy atom. The zero-order valence-electron chi connectivity index (χ0n) is 24.1. The van der Waals surface area contributed by atoms with Crippen LogP contribution in [-0.2, 0) is 4.79 Å². The molecular weight excluding hydrogens is 555 g/mol. The molecule has 3 amide bonds. The van der Waals surface area contributed by atoms with Crippen molar-refractivity contribution in [2.24, 2.45) is 5.92 Å². The molecule has 0 radical (unpaired) electrons. The van der Waals surface area contributed by atoms with E-state index in [9.17, 15) is 19.5 Å². The van der Waals surface area contributed by atoms with Crippen molar-refractivity contribution in [3.8, 4) is 16.3 Å². The minimum absolute atomic E-state index is 0.0288. The Bertz CT molecular complexity index is 1510. The number of likely N-dealkylation sites (tertiary alicyclic amines) is 1. The second-order valence-corrected chi connectivity index (χ2v) is 12.5. The molecular formula is C26H32B3N7O5S. The lowest BCUT2D eigenvalue weighted by molar-refractivity contribution is -0.117. The average Bonchev–Trinajstić information content (AvgIpc) is 3.49. The van der Waals surface area contributed by atoms with Gasteiger partial charge in [0.2, 0.25) is 5.91 Å². The van der Waals surface area contributed by atoms with Crippen molar-refractivity contribution in [1.82, 2.24) is 25.4 Å². The summed E-state index contributed by atoms with van der Waals surface area (Å²) in [4.78, 5) is 45.4. The van der Waals surface area contributed by atoms with Gasteiger partial charge in [-0.05, 0) is 43.1 Å². The van der Waals surface area contributed by atoms with Crippen LogP contribution < -0.4 is 20.7 Å². The Balaban J connectivity index is 1.46. The number of methoxy groups -OCH3 is 1. The third-order valence-electron chi connectivity index (χ3n) is 6.98. The van der Waals surface area contributed by atoms with E-state index in [1.807, 2.05) is 35.7 Å². The van der Waals surface area contributed by atoms with Crippen LogP contribution in [0.3, 0.4) is 0 Å². The number of hydrogen-bond donors (Lipinski definition) is 4. The maximum absolute atomic E-state index is 13.2. The van der Waals surface area contributed by atoms with Gasteiger partial charge in [-0.3, -0.25) is 14.4 Å². The van der Waals surface area contributed by atoms with E-state index in [0.717, 1.165) is 25.7 Å². The van der Waals surface area contributed by atoms with Crippen LogP contribution in [0.15, 0.2) is 30.5 Å². The molecule has 1 aromatic carbocycles. The molecule has 1 atom stereocenters. The number of carbonyl (C=O) groups is 3. The lowest BCUT2D eigenvalue weighted by Gasteiger charge is -2.22. The average molecular weight is 587 g/mol. The maximum atomic E-state index is 13.2. The number of thiazole rings is 1. The number of rotatable bonds is 10. The van der Waals surface area contributed by atoms with Crippen LogP contribution in [-0.4, -0.2) is 98.0 Å². The lowest BCUT2D eigenvalue weighted by atomic mass is 9.49. The summed E-state index contributed by atoms with van der Waals surface area (Å²) < 4.78 is 5.79. The fourth-order valence-electron chi connectivity index (χ4n) is 4.79. The molecule has 1 aliphatic carbocycles. The van der Waals surface area contributed by atoms with Gasteiger partial charge in [0.05, 0.1) is 42.9 Å². The maximum Gasteiger partial charge on any atom is 0.272 e. The molecule has 5 rings (SSSR count). The minimum Gasteiger partial charge on any atom is -0.494 e. The monoisotopic (exact) mass is 587 g/mol. The van der Waals surface area contributed by atoms with Crippen molar-refractivity contribution in [1.29, 1.82) is 0 Å². The molecule has 216 valence electrons. The van der Waals surface area contributed by atoms with Gasteiger partial charge in [0.25, 0.3) is 11.8 Å². The zero-order valence-corrected chi connectivity index (χ0v) is 24.9. The fraction of sp³-hybridized carbons (Fsp3) is 0.385. The van der Waals surface area contributed by atoms with Crippen LogP contribution in [0, 0.1) is 5.92 Å². The van der Waals surface area contributed by atoms with Gasteiger partial charge in [0, 0.05) is 18.5 Å². The van der Waals surface area contributed by atoms with Crippen LogP contribution in [0.1, 0.15) is 45.8 Å². The number of carbonyl (C=O) groups excluding carboxylic acids is 3. The molecule has 16 heteroatoms. The summed E-state index contributed by atoms with van der Waals surface area (Å²) in [7, 11) is 7.12. The van der Waals surface area contributed by atoms with Gasteiger partial charge in [0.15, 0.2) is 17.3 Å². The summed E-state index contributed by atoms with van der Waals surface area (Å²) in [5.74, 6) is -0.0691. The lowest BCUT2D eigenvalue weighted by Crippen LogP contribution is -2.50. The number of anilines is 3. The Morgan fingerprint density at radius 2 is 1.95 bits per heavy atom. The van der Waals surface area contributed by atoms with Crippen molar-refractivity contribution in [2.75, 3.05) is 30.9 Å². The Morgan fingerprint density at radius 3 is 2.64 bits per heavy atom. The highest BCUT2D eigenvalue weighted by molar-refractivity contribution is 7.17. The largest absolute Gasteiger partial charge is 0.494 e. The van der Waals surface area contributed by atoms with Crippen molar-refractivity contribution >= 4 is 69.8 Å². The highest BCUT2D eigenvalue weighted by atomic mass is 32.1. The standard InChI is InChI=1S/C26H32B3N7O5S/c1-41-21-15(24-30-11-18(42-24)25(40)36-9-3-4-14(36)12-37)5-2-6-16(21)31-17-10-19(32-22(38)13-7-8-13)34-35-20(17)23(39)33-26(27,28)29/h2,5-6,10-11,13-14,37H,3-4,7-9,12,27-29H2,1H3,(H,33,39)(H2,31,32,34,38)/t14-/m0/s1. The van der Waals surface area contributed by atoms with Crippen LogP contribution in [0.2, 0.25) is 0 Å². The number of aliphatic hydroxyl groups excluding tert-OH is 1. The summed E-state index contributed by atoms with van der Waals surface area (Å²) in [6.45, 7) is 0.540. The third kappa shape index (κ3) is 6.60. The van der Waals surface area contributed by atoms with Crippen molar-refractivity contribution < 1.29 is 24.2 Å². The smallest absolute Gasteiger partial charge is 0.272 e. The number of nitrogens with one attached hydrogen (secondary N) is 3. The Kier molecular flexibility index (Phi) is 8.55. The van der Waals surface area contributed by atoms with Crippen LogP contribution in [0.5, 0.6) is 5.75 Å². The molecule has 3 heterocycles. The predicted octanol–water partition coefficient (Wildman–Crippen LogP) is -0.462. The summed E-state index contributed by atoms with van der Waals surface area (Å²) in [6, 6.07) is 6.83. The number of hydrogen-bond acceptors (Lipinski definition) is 10. The second-order valence-electron chi connectivity index (χ2n) is 11.5. The van der Waals surface area contributed by atoms with Gasteiger partial charge in [-0.1, -0.05) is 6.07 Å². The summed E-state index contributed by atoms with van der Waals surface area (Å²) in [5, 5.41) is 26.9. The molecule has 42 heavy (non-hydrogen) atoms. The number of amides is 3. The summed E-state index contributed by atoms with van der Waals surface area (Å²) in [5.41, 5.74) is 1.55.